The fourth-order valence-corrected chi connectivity index (χ4v) is 3.64. The highest BCUT2D eigenvalue weighted by atomic mass is 32.2. The molecule has 0 atom stereocenters. The van der Waals surface area contributed by atoms with Crippen molar-refractivity contribution in [2.24, 2.45) is 5.92 Å². The van der Waals surface area contributed by atoms with Crippen LogP contribution in [0.2, 0.25) is 0 Å². The molecule has 0 spiro atoms. The quantitative estimate of drug-likeness (QED) is 0.894. The number of sulfonamides is 1. The van der Waals surface area contributed by atoms with Crippen LogP contribution in [0.1, 0.15) is 19.4 Å². The standard InChI is InChI=1S/C13H19NO3S/c1-11(2)13(15)9-14(10-13)18(16,17)8-12-6-4-3-5-7-12/h3-7,11,15H,8-10H2,1-2H3. The van der Waals surface area contributed by atoms with Crippen LogP contribution in [0.15, 0.2) is 30.3 Å². The molecule has 1 N–H and O–H groups in total. The molecule has 100 valence electrons. The molecule has 2 rings (SSSR count). The fraction of sp³-hybridized carbons (Fsp3) is 0.538. The molecule has 5 heteroatoms. The summed E-state index contributed by atoms with van der Waals surface area (Å²) in [5.74, 6) is 0.0721. The lowest BCUT2D eigenvalue weighted by Crippen LogP contribution is -2.65. The lowest BCUT2D eigenvalue weighted by atomic mass is 9.85. The van der Waals surface area contributed by atoms with Gasteiger partial charge in [-0.25, -0.2) is 8.42 Å². The summed E-state index contributed by atoms with van der Waals surface area (Å²) in [5, 5.41) is 10.1. The molecule has 1 saturated heterocycles. The van der Waals surface area contributed by atoms with Crippen molar-refractivity contribution in [3.8, 4) is 0 Å². The zero-order valence-corrected chi connectivity index (χ0v) is 11.5. The number of rotatable bonds is 4. The Hall–Kier alpha value is -0.910. The van der Waals surface area contributed by atoms with Crippen LogP contribution in [-0.4, -0.2) is 36.5 Å². The maximum Gasteiger partial charge on any atom is 0.218 e. The molecule has 0 saturated carbocycles. The van der Waals surface area contributed by atoms with E-state index in [1.165, 1.54) is 4.31 Å². The van der Waals surface area contributed by atoms with E-state index in [9.17, 15) is 13.5 Å². The number of nitrogens with zero attached hydrogens (tertiary/aromatic N) is 1. The second-order valence-electron chi connectivity index (χ2n) is 5.27. The number of hydrogen-bond donors (Lipinski definition) is 1. The Labute approximate surface area is 108 Å². The van der Waals surface area contributed by atoms with Crippen LogP contribution in [0.25, 0.3) is 0 Å². The first-order valence-corrected chi connectivity index (χ1v) is 7.68. The van der Waals surface area contributed by atoms with Crippen molar-refractivity contribution >= 4 is 10.0 Å². The first-order valence-electron chi connectivity index (χ1n) is 6.08. The van der Waals surface area contributed by atoms with Crippen molar-refractivity contribution in [1.82, 2.24) is 4.31 Å². The largest absolute Gasteiger partial charge is 0.387 e. The highest BCUT2D eigenvalue weighted by Gasteiger charge is 2.48. The zero-order valence-electron chi connectivity index (χ0n) is 10.7. The van der Waals surface area contributed by atoms with Crippen molar-refractivity contribution in [1.29, 1.82) is 0 Å². The Morgan fingerprint density at radius 2 is 1.83 bits per heavy atom. The van der Waals surface area contributed by atoms with Gasteiger partial charge in [-0.15, -0.1) is 0 Å². The molecule has 0 radical (unpaired) electrons. The Morgan fingerprint density at radius 1 is 1.28 bits per heavy atom. The molecule has 18 heavy (non-hydrogen) atoms. The third-order valence-electron chi connectivity index (χ3n) is 3.56. The minimum atomic E-state index is -3.31. The summed E-state index contributed by atoms with van der Waals surface area (Å²) in [6.45, 7) is 4.22. The van der Waals surface area contributed by atoms with Gasteiger partial charge in [-0.2, -0.15) is 4.31 Å². The Balaban J connectivity index is 2.03. The van der Waals surface area contributed by atoms with Gasteiger partial charge in [-0.05, 0) is 11.5 Å². The Morgan fingerprint density at radius 3 is 2.33 bits per heavy atom. The van der Waals surface area contributed by atoms with E-state index < -0.39 is 15.6 Å². The van der Waals surface area contributed by atoms with Crippen LogP contribution in [-0.2, 0) is 15.8 Å². The molecule has 1 aromatic rings. The summed E-state index contributed by atoms with van der Waals surface area (Å²) in [7, 11) is -3.31. The zero-order chi connectivity index (χ0) is 13.4. The summed E-state index contributed by atoms with van der Waals surface area (Å²) in [6, 6.07) is 9.10. The van der Waals surface area contributed by atoms with Crippen LogP contribution in [0.5, 0.6) is 0 Å². The van der Waals surface area contributed by atoms with Gasteiger partial charge in [0, 0.05) is 13.1 Å². The topological polar surface area (TPSA) is 57.6 Å². The van der Waals surface area contributed by atoms with E-state index in [1.807, 2.05) is 32.0 Å². The molecule has 1 aromatic carbocycles. The van der Waals surface area contributed by atoms with E-state index in [0.717, 1.165) is 5.56 Å². The van der Waals surface area contributed by atoms with Crippen molar-refractivity contribution in [3.63, 3.8) is 0 Å². The molecular formula is C13H19NO3S. The van der Waals surface area contributed by atoms with Gasteiger partial charge in [-0.3, -0.25) is 0 Å². The maximum absolute atomic E-state index is 12.1. The molecule has 1 aliphatic heterocycles. The van der Waals surface area contributed by atoms with Gasteiger partial charge >= 0.3 is 0 Å². The highest BCUT2D eigenvalue weighted by molar-refractivity contribution is 7.88. The van der Waals surface area contributed by atoms with E-state index in [-0.39, 0.29) is 24.8 Å². The summed E-state index contributed by atoms with van der Waals surface area (Å²) in [4.78, 5) is 0. The second-order valence-corrected chi connectivity index (χ2v) is 7.24. The molecule has 1 fully saturated rings. The Bertz CT molecular complexity index is 504. The van der Waals surface area contributed by atoms with Crippen LogP contribution in [0.3, 0.4) is 0 Å². The monoisotopic (exact) mass is 269 g/mol. The number of benzene rings is 1. The first kappa shape index (κ1) is 13.5. The van der Waals surface area contributed by atoms with E-state index in [2.05, 4.69) is 0 Å². The van der Waals surface area contributed by atoms with Crippen molar-refractivity contribution in [2.75, 3.05) is 13.1 Å². The SMILES string of the molecule is CC(C)C1(O)CN(S(=O)(=O)Cc2ccccc2)C1. The summed E-state index contributed by atoms with van der Waals surface area (Å²) in [6.07, 6.45) is 0. The summed E-state index contributed by atoms with van der Waals surface area (Å²) in [5.41, 5.74) is -0.0819. The average Bonchev–Trinajstić information content (AvgIpc) is 2.25. The Kier molecular flexibility index (Phi) is 3.49. The molecule has 1 heterocycles. The van der Waals surface area contributed by atoms with Crippen LogP contribution >= 0.6 is 0 Å². The summed E-state index contributed by atoms with van der Waals surface area (Å²) >= 11 is 0. The van der Waals surface area contributed by atoms with Gasteiger partial charge < -0.3 is 5.11 Å². The van der Waals surface area contributed by atoms with Crippen LogP contribution in [0, 0.1) is 5.92 Å². The van der Waals surface area contributed by atoms with E-state index >= 15 is 0 Å². The van der Waals surface area contributed by atoms with Crippen molar-refractivity contribution in [2.45, 2.75) is 25.2 Å². The fourth-order valence-electron chi connectivity index (χ4n) is 2.00. The highest BCUT2D eigenvalue weighted by Crippen LogP contribution is 2.31. The molecule has 0 amide bonds. The summed E-state index contributed by atoms with van der Waals surface area (Å²) < 4.78 is 25.6. The first-order chi connectivity index (χ1) is 8.33. The molecular weight excluding hydrogens is 250 g/mol. The van der Waals surface area contributed by atoms with E-state index in [1.54, 1.807) is 12.1 Å². The minimum Gasteiger partial charge on any atom is -0.387 e. The van der Waals surface area contributed by atoms with Gasteiger partial charge in [-0.1, -0.05) is 44.2 Å². The normalized spacial score (nSPS) is 19.8. The lowest BCUT2D eigenvalue weighted by Gasteiger charge is -2.47. The molecule has 0 unspecified atom stereocenters. The third-order valence-corrected chi connectivity index (χ3v) is 5.30. The number of hydrogen-bond acceptors (Lipinski definition) is 3. The van der Waals surface area contributed by atoms with E-state index in [0.29, 0.717) is 0 Å². The molecule has 0 bridgehead atoms. The number of β-amino-alcohol motifs (C(OH)–C–C–N with tert-alkyl or cyclic N) is 1. The molecule has 4 nitrogen and oxygen atoms in total. The van der Waals surface area contributed by atoms with Crippen LogP contribution in [0.4, 0.5) is 0 Å². The van der Waals surface area contributed by atoms with Gasteiger partial charge in [0.2, 0.25) is 10.0 Å². The maximum atomic E-state index is 12.1. The smallest absolute Gasteiger partial charge is 0.218 e. The van der Waals surface area contributed by atoms with Crippen molar-refractivity contribution < 1.29 is 13.5 Å². The molecule has 1 aliphatic rings. The minimum absolute atomic E-state index is 0.00200. The van der Waals surface area contributed by atoms with Gasteiger partial charge in [0.05, 0.1) is 11.4 Å². The number of aliphatic hydroxyl groups is 1. The average molecular weight is 269 g/mol. The van der Waals surface area contributed by atoms with Crippen molar-refractivity contribution in [3.05, 3.63) is 35.9 Å². The predicted molar refractivity (Wildman–Crippen MR) is 70.4 cm³/mol. The van der Waals surface area contributed by atoms with Gasteiger partial charge in [0.1, 0.15) is 0 Å². The predicted octanol–water partition coefficient (Wildman–Crippen LogP) is 1.22. The van der Waals surface area contributed by atoms with Gasteiger partial charge in [0.25, 0.3) is 0 Å². The van der Waals surface area contributed by atoms with Crippen LogP contribution < -0.4 is 0 Å². The van der Waals surface area contributed by atoms with Gasteiger partial charge in [0.15, 0.2) is 0 Å². The van der Waals surface area contributed by atoms with E-state index in [4.69, 9.17) is 0 Å². The molecule has 0 aliphatic carbocycles. The second kappa shape index (κ2) is 4.64. The third kappa shape index (κ3) is 2.58. The molecule has 0 aromatic heterocycles. The lowest BCUT2D eigenvalue weighted by molar-refractivity contribution is -0.0933.